The second-order valence-corrected chi connectivity index (χ2v) is 4.86. The van der Waals surface area contributed by atoms with Crippen molar-refractivity contribution in [3.63, 3.8) is 0 Å². The highest BCUT2D eigenvalue weighted by Gasteiger charge is 2.24. The predicted octanol–water partition coefficient (Wildman–Crippen LogP) is 0.761. The largest absolute Gasteiger partial charge is 0.396 e. The van der Waals surface area contributed by atoms with Crippen LogP contribution in [0.1, 0.15) is 41.7 Å². The first-order valence-corrected chi connectivity index (χ1v) is 6.92. The first kappa shape index (κ1) is 18.9. The van der Waals surface area contributed by atoms with E-state index >= 15 is 0 Å². The first-order valence-electron chi connectivity index (χ1n) is 6.92. The molecular weight excluding hydrogens is 304 g/mol. The van der Waals surface area contributed by atoms with Crippen LogP contribution in [0.15, 0.2) is 16.1 Å². The van der Waals surface area contributed by atoms with Crippen LogP contribution in [0.4, 0.5) is 11.4 Å². The molecule has 0 aromatic heterocycles. The molecule has 23 heavy (non-hydrogen) atoms. The molecule has 1 aromatic rings. The lowest BCUT2D eigenvalue weighted by molar-refractivity contribution is 0.0956. The van der Waals surface area contributed by atoms with Gasteiger partial charge in [0, 0.05) is 17.7 Å². The number of benzene rings is 1. The Bertz CT molecular complexity index is 648. The highest BCUT2D eigenvalue weighted by atomic mass is 16.3. The minimum atomic E-state index is -1.38. The van der Waals surface area contributed by atoms with Gasteiger partial charge >= 0.3 is 0 Å². The van der Waals surface area contributed by atoms with E-state index in [4.69, 9.17) is 10.2 Å². The minimum Gasteiger partial charge on any atom is -0.396 e. The average Bonchev–Trinajstić information content (AvgIpc) is 2.54. The summed E-state index contributed by atoms with van der Waals surface area (Å²) < 4.78 is 0. The van der Waals surface area contributed by atoms with Gasteiger partial charge < -0.3 is 20.4 Å². The van der Waals surface area contributed by atoms with Crippen molar-refractivity contribution in [2.75, 3.05) is 13.2 Å². The number of carbonyl (C=O) groups excluding carboxylic acids is 2. The summed E-state index contributed by atoms with van der Waals surface area (Å²) >= 11 is 0. The molecule has 1 aromatic carbocycles. The maximum absolute atomic E-state index is 10.7. The van der Waals surface area contributed by atoms with E-state index in [2.05, 4.69) is 9.98 Å². The fraction of sp³-hybridized carbons (Fsp3) is 0.467. The summed E-state index contributed by atoms with van der Waals surface area (Å²) in [7, 11) is 0. The molecule has 0 heterocycles. The van der Waals surface area contributed by atoms with Gasteiger partial charge in [0.15, 0.2) is 0 Å². The van der Waals surface area contributed by atoms with Crippen LogP contribution < -0.4 is 0 Å². The highest BCUT2D eigenvalue weighted by molar-refractivity contribution is 5.70. The minimum absolute atomic E-state index is 0.0330. The van der Waals surface area contributed by atoms with Crippen molar-refractivity contribution in [3.05, 3.63) is 22.8 Å². The van der Waals surface area contributed by atoms with Gasteiger partial charge in [0.25, 0.3) is 0 Å². The molecule has 2 unspecified atom stereocenters. The molecule has 0 saturated carbocycles. The number of aliphatic hydroxyl groups is 4. The Morgan fingerprint density at radius 1 is 1.13 bits per heavy atom. The SMILES string of the molecule is Cc1c(N=C=O)cc(C(O)CO)c(N=C=O)c1C(O)CCCO. The van der Waals surface area contributed by atoms with Crippen molar-refractivity contribution < 1.29 is 30.0 Å². The average molecular weight is 322 g/mol. The lowest BCUT2D eigenvalue weighted by Gasteiger charge is -2.21. The van der Waals surface area contributed by atoms with E-state index in [1.165, 1.54) is 18.2 Å². The number of hydrogen-bond donors (Lipinski definition) is 4. The van der Waals surface area contributed by atoms with Crippen LogP contribution in [-0.4, -0.2) is 45.8 Å². The van der Waals surface area contributed by atoms with Crippen LogP contribution >= 0.6 is 0 Å². The zero-order valence-electron chi connectivity index (χ0n) is 12.6. The summed E-state index contributed by atoms with van der Waals surface area (Å²) in [5.74, 6) is 0. The Hall–Kier alpha value is -2.18. The summed E-state index contributed by atoms with van der Waals surface area (Å²) in [5, 5.41) is 38.3. The van der Waals surface area contributed by atoms with E-state index in [1.54, 1.807) is 6.92 Å². The molecule has 4 N–H and O–H groups in total. The van der Waals surface area contributed by atoms with Crippen molar-refractivity contribution >= 4 is 23.5 Å². The van der Waals surface area contributed by atoms with Crippen molar-refractivity contribution in [3.8, 4) is 0 Å². The Morgan fingerprint density at radius 2 is 1.78 bits per heavy atom. The van der Waals surface area contributed by atoms with Gasteiger partial charge in [-0.25, -0.2) is 9.59 Å². The summed E-state index contributed by atoms with van der Waals surface area (Å²) in [5.41, 5.74) is 0.690. The lowest BCUT2D eigenvalue weighted by atomic mass is 9.91. The van der Waals surface area contributed by atoms with Gasteiger partial charge in [-0.3, -0.25) is 0 Å². The Kier molecular flexibility index (Phi) is 7.44. The second-order valence-electron chi connectivity index (χ2n) is 4.86. The summed E-state index contributed by atoms with van der Waals surface area (Å²) in [6.07, 6.45) is 0.689. The van der Waals surface area contributed by atoms with Gasteiger partial charge in [-0.1, -0.05) is 0 Å². The van der Waals surface area contributed by atoms with E-state index < -0.39 is 18.8 Å². The van der Waals surface area contributed by atoms with Crippen LogP contribution in [-0.2, 0) is 9.59 Å². The molecular formula is C15H18N2O6. The Balaban J connectivity index is 3.68. The van der Waals surface area contributed by atoms with E-state index in [-0.39, 0.29) is 35.5 Å². The van der Waals surface area contributed by atoms with Crippen LogP contribution in [0.2, 0.25) is 0 Å². The molecule has 0 bridgehead atoms. The monoisotopic (exact) mass is 322 g/mol. The molecule has 0 radical (unpaired) electrons. The molecule has 0 saturated heterocycles. The fourth-order valence-electron chi connectivity index (χ4n) is 2.32. The molecule has 1 rings (SSSR count). The van der Waals surface area contributed by atoms with Crippen molar-refractivity contribution in [1.82, 2.24) is 0 Å². The number of rotatable bonds is 8. The van der Waals surface area contributed by atoms with Crippen molar-refractivity contribution in [2.24, 2.45) is 9.98 Å². The second kappa shape index (κ2) is 9.07. The van der Waals surface area contributed by atoms with Gasteiger partial charge in [0.1, 0.15) is 6.10 Å². The van der Waals surface area contributed by atoms with Crippen LogP contribution in [0.25, 0.3) is 0 Å². The maximum atomic E-state index is 10.7. The summed E-state index contributed by atoms with van der Waals surface area (Å²) in [6.45, 7) is 0.772. The maximum Gasteiger partial charge on any atom is 0.240 e. The standard InChI is InChI=1S/C15H18N2O6/c1-9-11(16-7-20)5-10(13(23)6-19)15(17-8-21)14(9)12(22)3-2-4-18/h5,12-13,18-19,22-23H,2-4,6H2,1H3. The van der Waals surface area contributed by atoms with E-state index in [0.717, 1.165) is 0 Å². The third kappa shape index (κ3) is 4.40. The molecule has 0 aliphatic rings. The van der Waals surface area contributed by atoms with Crippen LogP contribution in [0.3, 0.4) is 0 Å². The summed E-state index contributed by atoms with van der Waals surface area (Å²) in [6, 6.07) is 1.29. The Morgan fingerprint density at radius 3 is 2.30 bits per heavy atom. The number of hydrogen-bond acceptors (Lipinski definition) is 8. The van der Waals surface area contributed by atoms with Crippen LogP contribution in [0.5, 0.6) is 0 Å². The molecule has 0 aliphatic carbocycles. The zero-order valence-corrected chi connectivity index (χ0v) is 12.6. The normalized spacial score (nSPS) is 12.9. The molecule has 0 spiro atoms. The van der Waals surface area contributed by atoms with Crippen LogP contribution in [0, 0.1) is 6.92 Å². The van der Waals surface area contributed by atoms with Gasteiger partial charge in [-0.05, 0) is 31.4 Å². The highest BCUT2D eigenvalue weighted by Crippen LogP contribution is 2.41. The summed E-state index contributed by atoms with van der Waals surface area (Å²) in [4.78, 5) is 28.3. The third-order valence-electron chi connectivity index (χ3n) is 3.43. The Labute approximate surface area is 132 Å². The van der Waals surface area contributed by atoms with Crippen molar-refractivity contribution in [1.29, 1.82) is 0 Å². The smallest absolute Gasteiger partial charge is 0.240 e. The first-order chi connectivity index (χ1) is 11.0. The van der Waals surface area contributed by atoms with E-state index in [9.17, 15) is 19.8 Å². The zero-order chi connectivity index (χ0) is 17.4. The van der Waals surface area contributed by atoms with Gasteiger partial charge in [0.05, 0.1) is 24.1 Å². The molecule has 8 heteroatoms. The van der Waals surface area contributed by atoms with Gasteiger partial charge in [-0.15, -0.1) is 0 Å². The third-order valence-corrected chi connectivity index (χ3v) is 3.43. The quantitative estimate of drug-likeness (QED) is 0.411. The molecule has 8 nitrogen and oxygen atoms in total. The fourth-order valence-corrected chi connectivity index (χ4v) is 2.32. The topological polar surface area (TPSA) is 140 Å². The lowest BCUT2D eigenvalue weighted by Crippen LogP contribution is -2.08. The van der Waals surface area contributed by atoms with E-state index in [1.807, 2.05) is 0 Å². The predicted molar refractivity (Wildman–Crippen MR) is 80.1 cm³/mol. The number of nitrogens with zero attached hydrogens (tertiary/aromatic N) is 2. The molecule has 124 valence electrons. The van der Waals surface area contributed by atoms with E-state index in [0.29, 0.717) is 12.0 Å². The molecule has 0 fully saturated rings. The molecule has 0 amide bonds. The van der Waals surface area contributed by atoms with Crippen molar-refractivity contribution in [2.45, 2.75) is 32.0 Å². The number of aliphatic imine (C=N–C) groups is 2. The number of aliphatic hydroxyl groups excluding tert-OH is 4. The molecule has 0 aliphatic heterocycles. The van der Waals surface area contributed by atoms with Gasteiger partial charge in [0.2, 0.25) is 12.2 Å². The molecule has 2 atom stereocenters. The number of isocyanates is 2. The van der Waals surface area contributed by atoms with Gasteiger partial charge in [-0.2, -0.15) is 9.98 Å².